The molecule has 0 radical (unpaired) electrons. The molecule has 20 heavy (non-hydrogen) atoms. The highest BCUT2D eigenvalue weighted by Crippen LogP contribution is 2.29. The Bertz CT molecular complexity index is 379. The van der Waals surface area contributed by atoms with Gasteiger partial charge in [-0.15, -0.1) is 0 Å². The molecule has 0 saturated heterocycles. The molecule has 1 aromatic rings. The molecule has 1 saturated carbocycles. The molecule has 0 spiro atoms. The molecule has 1 aliphatic carbocycles. The average molecular weight is 277 g/mol. The van der Waals surface area contributed by atoms with Gasteiger partial charge in [0.1, 0.15) is 0 Å². The summed E-state index contributed by atoms with van der Waals surface area (Å²) in [6.45, 7) is 7.99. The zero-order chi connectivity index (χ0) is 14.4. The van der Waals surface area contributed by atoms with Gasteiger partial charge in [-0.2, -0.15) is 5.10 Å². The maximum absolute atomic E-state index is 4.82. The number of nitrogens with zero attached hydrogens (tertiary/aromatic N) is 2. The number of hydrogen-bond acceptors (Lipinski definition) is 2. The Balaban J connectivity index is 1.88. The van der Waals surface area contributed by atoms with Crippen LogP contribution in [0, 0.1) is 5.92 Å². The van der Waals surface area contributed by atoms with Gasteiger partial charge in [0.05, 0.1) is 11.7 Å². The minimum Gasteiger partial charge on any atom is -0.314 e. The quantitative estimate of drug-likeness (QED) is 0.779. The van der Waals surface area contributed by atoms with Crippen LogP contribution < -0.4 is 5.32 Å². The molecular weight excluding hydrogens is 246 g/mol. The fraction of sp³-hybridized carbons (Fsp3) is 0.824. The van der Waals surface area contributed by atoms with Gasteiger partial charge in [-0.25, -0.2) is 0 Å². The lowest BCUT2D eigenvalue weighted by atomic mass is 9.94. The van der Waals surface area contributed by atoms with Gasteiger partial charge < -0.3 is 5.32 Å². The molecule has 0 amide bonds. The molecule has 1 aliphatic rings. The molecular formula is C17H31N3. The third-order valence-corrected chi connectivity index (χ3v) is 4.68. The molecule has 0 aliphatic heterocycles. The van der Waals surface area contributed by atoms with Crippen LogP contribution in [0.25, 0.3) is 0 Å². The van der Waals surface area contributed by atoms with Gasteiger partial charge >= 0.3 is 0 Å². The van der Waals surface area contributed by atoms with Crippen LogP contribution in [-0.4, -0.2) is 22.4 Å². The fourth-order valence-corrected chi connectivity index (χ4v) is 3.41. The molecule has 114 valence electrons. The predicted octanol–water partition coefficient (Wildman–Crippen LogP) is 3.96. The van der Waals surface area contributed by atoms with Gasteiger partial charge in [-0.3, -0.25) is 4.68 Å². The second-order valence-electron chi connectivity index (χ2n) is 6.38. The number of rotatable bonds is 8. The molecule has 2 rings (SSSR count). The molecule has 1 heterocycles. The highest BCUT2D eigenvalue weighted by molar-refractivity contribution is 5.02. The number of hydrogen-bond donors (Lipinski definition) is 1. The van der Waals surface area contributed by atoms with Crippen LogP contribution in [0.15, 0.2) is 12.3 Å². The van der Waals surface area contributed by atoms with E-state index in [9.17, 15) is 0 Å². The van der Waals surface area contributed by atoms with Crippen LogP contribution in [0.3, 0.4) is 0 Å². The normalized spacial score (nSPS) is 19.4. The molecule has 0 bridgehead atoms. The minimum atomic E-state index is 0.617. The van der Waals surface area contributed by atoms with Crippen LogP contribution in [0.5, 0.6) is 0 Å². The Morgan fingerprint density at radius 1 is 1.35 bits per heavy atom. The predicted molar refractivity (Wildman–Crippen MR) is 85.0 cm³/mol. The fourth-order valence-electron chi connectivity index (χ4n) is 3.41. The summed E-state index contributed by atoms with van der Waals surface area (Å²) in [4.78, 5) is 0. The lowest BCUT2D eigenvalue weighted by Crippen LogP contribution is -2.35. The van der Waals surface area contributed by atoms with Crippen molar-refractivity contribution in [3.05, 3.63) is 18.0 Å². The first-order chi connectivity index (χ1) is 9.74. The van der Waals surface area contributed by atoms with E-state index >= 15 is 0 Å². The van der Waals surface area contributed by atoms with E-state index < -0.39 is 0 Å². The molecule has 1 fully saturated rings. The average Bonchev–Trinajstić information content (AvgIpc) is 3.09. The molecule has 1 N–H and O–H groups in total. The van der Waals surface area contributed by atoms with E-state index in [1.807, 2.05) is 0 Å². The third kappa shape index (κ3) is 4.08. The zero-order valence-electron chi connectivity index (χ0n) is 13.4. The van der Waals surface area contributed by atoms with Crippen molar-refractivity contribution in [2.45, 2.75) is 77.8 Å². The van der Waals surface area contributed by atoms with Gasteiger partial charge in [-0.1, -0.05) is 33.6 Å². The smallest absolute Gasteiger partial charge is 0.0627 e. The van der Waals surface area contributed by atoms with Crippen LogP contribution >= 0.6 is 0 Å². The van der Waals surface area contributed by atoms with Crippen LogP contribution in [0.2, 0.25) is 0 Å². The first kappa shape index (κ1) is 15.6. The van der Waals surface area contributed by atoms with E-state index in [2.05, 4.69) is 43.0 Å². The van der Waals surface area contributed by atoms with Crippen molar-refractivity contribution in [2.24, 2.45) is 5.92 Å². The van der Waals surface area contributed by atoms with Gasteiger partial charge in [0, 0.05) is 12.2 Å². The summed E-state index contributed by atoms with van der Waals surface area (Å²) in [7, 11) is 0. The molecule has 1 aromatic heterocycles. The van der Waals surface area contributed by atoms with Crippen molar-refractivity contribution in [3.63, 3.8) is 0 Å². The lowest BCUT2D eigenvalue weighted by Gasteiger charge is -2.23. The summed E-state index contributed by atoms with van der Waals surface area (Å²) in [6, 6.07) is 3.51. The van der Waals surface area contributed by atoms with Gasteiger partial charge in [0.15, 0.2) is 0 Å². The van der Waals surface area contributed by atoms with Gasteiger partial charge in [0.2, 0.25) is 0 Å². The van der Waals surface area contributed by atoms with Crippen molar-refractivity contribution in [1.29, 1.82) is 0 Å². The summed E-state index contributed by atoms with van der Waals surface area (Å²) < 4.78 is 2.22. The first-order valence-electron chi connectivity index (χ1n) is 8.52. The van der Waals surface area contributed by atoms with E-state index in [4.69, 9.17) is 5.10 Å². The Morgan fingerprint density at radius 3 is 2.75 bits per heavy atom. The first-order valence-corrected chi connectivity index (χ1v) is 8.52. The largest absolute Gasteiger partial charge is 0.314 e. The van der Waals surface area contributed by atoms with Crippen LogP contribution in [0.4, 0.5) is 0 Å². The number of aromatic nitrogens is 2. The highest BCUT2D eigenvalue weighted by atomic mass is 15.3. The third-order valence-electron chi connectivity index (χ3n) is 4.68. The Kier molecular flexibility index (Phi) is 6.08. The van der Waals surface area contributed by atoms with E-state index in [1.54, 1.807) is 0 Å². The minimum absolute atomic E-state index is 0.617. The summed E-state index contributed by atoms with van der Waals surface area (Å²) in [5, 5.41) is 8.48. The van der Waals surface area contributed by atoms with Gasteiger partial charge in [0.25, 0.3) is 0 Å². The van der Waals surface area contributed by atoms with E-state index in [-0.39, 0.29) is 0 Å². The zero-order valence-corrected chi connectivity index (χ0v) is 13.4. The van der Waals surface area contributed by atoms with Crippen molar-refractivity contribution < 1.29 is 0 Å². The Labute approximate surface area is 124 Å². The van der Waals surface area contributed by atoms with E-state index in [0.717, 1.165) is 13.0 Å². The molecule has 0 aromatic carbocycles. The second-order valence-corrected chi connectivity index (χ2v) is 6.38. The Morgan fingerprint density at radius 2 is 2.10 bits per heavy atom. The summed E-state index contributed by atoms with van der Waals surface area (Å²) in [6.07, 6.45) is 11.1. The summed E-state index contributed by atoms with van der Waals surface area (Å²) in [5.41, 5.74) is 1.26. The van der Waals surface area contributed by atoms with Crippen molar-refractivity contribution >= 4 is 0 Å². The maximum Gasteiger partial charge on any atom is 0.0627 e. The van der Waals surface area contributed by atoms with Crippen molar-refractivity contribution in [3.8, 4) is 0 Å². The monoisotopic (exact) mass is 277 g/mol. The maximum atomic E-state index is 4.82. The molecule has 2 atom stereocenters. The summed E-state index contributed by atoms with van der Waals surface area (Å²) in [5.74, 6) is 0.651. The lowest BCUT2D eigenvalue weighted by molar-refractivity contribution is 0.360. The topological polar surface area (TPSA) is 29.9 Å². The SMILES string of the molecule is CCCNC(CC)C(C)Cc1ccn(C2CCCC2)n1. The Hall–Kier alpha value is -0.830. The standard InChI is InChI=1S/C17H31N3/c1-4-11-18-17(5-2)14(3)13-15-10-12-20(19-15)16-8-6-7-9-16/h10,12,14,16-18H,4-9,11,13H2,1-3H3. The van der Waals surface area contributed by atoms with Crippen LogP contribution in [-0.2, 0) is 6.42 Å². The molecule has 2 unspecified atom stereocenters. The molecule has 3 heteroatoms. The van der Waals surface area contributed by atoms with E-state index in [0.29, 0.717) is 18.0 Å². The highest BCUT2D eigenvalue weighted by Gasteiger charge is 2.19. The van der Waals surface area contributed by atoms with Crippen molar-refractivity contribution in [1.82, 2.24) is 15.1 Å². The molecule has 3 nitrogen and oxygen atoms in total. The van der Waals surface area contributed by atoms with E-state index in [1.165, 1.54) is 44.2 Å². The number of nitrogens with one attached hydrogen (secondary N) is 1. The van der Waals surface area contributed by atoms with Crippen molar-refractivity contribution in [2.75, 3.05) is 6.54 Å². The second kappa shape index (κ2) is 7.82. The summed E-state index contributed by atoms with van der Waals surface area (Å²) >= 11 is 0. The van der Waals surface area contributed by atoms with Gasteiger partial charge in [-0.05, 0) is 50.6 Å². The van der Waals surface area contributed by atoms with Crippen LogP contribution in [0.1, 0.15) is 71.0 Å².